The summed E-state index contributed by atoms with van der Waals surface area (Å²) in [5.41, 5.74) is 4.06. The van der Waals surface area contributed by atoms with Gasteiger partial charge in [0.1, 0.15) is 28.5 Å². The molecular weight excluding hydrogens is 393 g/mol. The third kappa shape index (κ3) is 2.98. The number of aromatic amines is 1. The van der Waals surface area contributed by atoms with Gasteiger partial charge < -0.3 is 10.3 Å². The second kappa shape index (κ2) is 6.82. The Morgan fingerprint density at radius 2 is 2.00 bits per heavy atom. The van der Waals surface area contributed by atoms with Crippen LogP contribution in [0.2, 0.25) is 5.15 Å². The molecule has 0 spiro atoms. The first-order valence-electron chi connectivity index (χ1n) is 8.95. The van der Waals surface area contributed by atoms with Crippen LogP contribution in [0, 0.1) is 5.82 Å². The van der Waals surface area contributed by atoms with E-state index in [9.17, 15) is 4.39 Å². The van der Waals surface area contributed by atoms with Gasteiger partial charge in [0.25, 0.3) is 0 Å². The van der Waals surface area contributed by atoms with E-state index in [0.717, 1.165) is 5.69 Å². The number of H-pyrrole nitrogens is 1. The lowest BCUT2D eigenvalue weighted by Crippen LogP contribution is -2.10. The lowest BCUT2D eigenvalue weighted by Gasteiger charge is -2.15. The van der Waals surface area contributed by atoms with Crippen LogP contribution in [-0.4, -0.2) is 29.3 Å². The summed E-state index contributed by atoms with van der Waals surface area (Å²) < 4.78 is 15.8. The number of fused-ring (bicyclic) bond motifs is 2. The van der Waals surface area contributed by atoms with Crippen molar-refractivity contribution in [3.8, 4) is 11.3 Å². The number of hydrogen-bond donors (Lipinski definition) is 2. The van der Waals surface area contributed by atoms with Crippen LogP contribution < -0.4 is 5.32 Å². The molecule has 5 rings (SSSR count). The van der Waals surface area contributed by atoms with Gasteiger partial charge in [-0.15, -0.1) is 0 Å². The summed E-state index contributed by atoms with van der Waals surface area (Å²) >= 11 is 6.47. The minimum absolute atomic E-state index is 0.265. The summed E-state index contributed by atoms with van der Waals surface area (Å²) in [5, 5.41) is 3.84. The summed E-state index contributed by atoms with van der Waals surface area (Å²) in [6.07, 6.45) is 3.03. The molecule has 1 unspecified atom stereocenters. The van der Waals surface area contributed by atoms with Gasteiger partial charge in [0, 0.05) is 5.56 Å². The molecule has 1 aromatic carbocycles. The van der Waals surface area contributed by atoms with E-state index in [4.69, 9.17) is 16.6 Å². The molecule has 0 saturated heterocycles. The van der Waals surface area contributed by atoms with Crippen molar-refractivity contribution in [3.05, 3.63) is 71.8 Å². The number of nitrogens with one attached hydrogen (secondary N) is 2. The van der Waals surface area contributed by atoms with Crippen LogP contribution in [0.4, 0.5) is 10.2 Å². The summed E-state index contributed by atoms with van der Waals surface area (Å²) in [6.45, 7) is 1.96. The average Bonchev–Trinajstić information content (AvgIpc) is 3.34. The molecular formula is C20H15ClFN7. The summed E-state index contributed by atoms with van der Waals surface area (Å²) in [4.78, 5) is 20.5. The Hall–Kier alpha value is -3.52. The number of anilines is 1. The largest absolute Gasteiger partial charge is 0.360 e. The highest BCUT2D eigenvalue weighted by atomic mass is 35.5. The number of imidazole rings is 2. The minimum Gasteiger partial charge on any atom is -0.360 e. The van der Waals surface area contributed by atoms with Crippen molar-refractivity contribution in [2.24, 2.45) is 0 Å². The van der Waals surface area contributed by atoms with Gasteiger partial charge in [0.05, 0.1) is 23.8 Å². The number of benzene rings is 1. The van der Waals surface area contributed by atoms with Crippen LogP contribution in [0.5, 0.6) is 0 Å². The lowest BCUT2D eigenvalue weighted by atomic mass is 10.1. The van der Waals surface area contributed by atoms with E-state index in [-0.39, 0.29) is 11.9 Å². The molecule has 0 fully saturated rings. The second-order valence-electron chi connectivity index (χ2n) is 6.59. The Bertz CT molecular complexity index is 1340. The number of pyridine rings is 1. The predicted octanol–water partition coefficient (Wildman–Crippen LogP) is 4.63. The Balaban J connectivity index is 1.67. The number of rotatable bonds is 4. The van der Waals surface area contributed by atoms with Crippen LogP contribution >= 0.6 is 11.6 Å². The standard InChI is InChI=1S/C20H15ClFN7/c1-11(27-20-17-19(24-9-23-17)25-10-26-20)16-18(12-4-2-5-13(22)8-12)29-14(21)6-3-7-15(29)28-16/h2-11H,1H3,(H2,23,24,25,26,27). The van der Waals surface area contributed by atoms with Crippen molar-refractivity contribution < 1.29 is 4.39 Å². The fourth-order valence-electron chi connectivity index (χ4n) is 3.43. The Kier molecular flexibility index (Phi) is 4.13. The maximum absolute atomic E-state index is 14.0. The molecule has 0 aliphatic heterocycles. The Morgan fingerprint density at radius 1 is 1.14 bits per heavy atom. The molecule has 0 amide bonds. The third-order valence-corrected chi connectivity index (χ3v) is 5.00. The third-order valence-electron chi connectivity index (χ3n) is 4.70. The molecule has 0 radical (unpaired) electrons. The summed E-state index contributed by atoms with van der Waals surface area (Å²) in [5.74, 6) is 0.252. The van der Waals surface area contributed by atoms with Crippen molar-refractivity contribution >= 4 is 34.2 Å². The zero-order valence-corrected chi connectivity index (χ0v) is 16.0. The van der Waals surface area contributed by atoms with E-state index in [0.29, 0.717) is 39.0 Å². The van der Waals surface area contributed by atoms with E-state index in [1.165, 1.54) is 18.5 Å². The fourth-order valence-corrected chi connectivity index (χ4v) is 3.67. The van der Waals surface area contributed by atoms with E-state index >= 15 is 0 Å². The van der Waals surface area contributed by atoms with Gasteiger partial charge in [-0.2, -0.15) is 0 Å². The number of halogens is 2. The Morgan fingerprint density at radius 3 is 2.86 bits per heavy atom. The highest BCUT2D eigenvalue weighted by molar-refractivity contribution is 6.30. The molecule has 144 valence electrons. The summed E-state index contributed by atoms with van der Waals surface area (Å²) in [6, 6.07) is 11.6. The smallest absolute Gasteiger partial charge is 0.162 e. The van der Waals surface area contributed by atoms with E-state index in [2.05, 4.69) is 25.3 Å². The molecule has 9 heteroatoms. The number of aromatic nitrogens is 6. The zero-order chi connectivity index (χ0) is 20.0. The molecule has 7 nitrogen and oxygen atoms in total. The molecule has 1 atom stereocenters. The first-order valence-corrected chi connectivity index (χ1v) is 9.33. The topological polar surface area (TPSA) is 83.8 Å². The van der Waals surface area contributed by atoms with Gasteiger partial charge in [-0.3, -0.25) is 4.40 Å². The molecule has 2 N–H and O–H groups in total. The first kappa shape index (κ1) is 17.6. The van der Waals surface area contributed by atoms with Gasteiger partial charge in [-0.25, -0.2) is 24.3 Å². The normalized spacial score (nSPS) is 12.5. The molecule has 29 heavy (non-hydrogen) atoms. The van der Waals surface area contributed by atoms with Crippen LogP contribution in [0.25, 0.3) is 28.1 Å². The zero-order valence-electron chi connectivity index (χ0n) is 15.3. The Labute approximate surface area is 169 Å². The monoisotopic (exact) mass is 407 g/mol. The SMILES string of the molecule is CC(Nc1ncnc2[nH]cnc12)c1nc2cccc(Cl)n2c1-c1cccc(F)c1. The number of hydrogen-bond acceptors (Lipinski definition) is 5. The highest BCUT2D eigenvalue weighted by Gasteiger charge is 2.22. The van der Waals surface area contributed by atoms with Crippen LogP contribution in [0.3, 0.4) is 0 Å². The quantitative estimate of drug-likeness (QED) is 0.424. The van der Waals surface area contributed by atoms with Crippen molar-refractivity contribution in [1.29, 1.82) is 0 Å². The van der Waals surface area contributed by atoms with Gasteiger partial charge in [-0.05, 0) is 31.2 Å². The molecule has 0 bridgehead atoms. The number of nitrogens with zero attached hydrogens (tertiary/aromatic N) is 5. The fraction of sp³-hybridized carbons (Fsp3) is 0.100. The van der Waals surface area contributed by atoms with Crippen LogP contribution in [0.15, 0.2) is 55.1 Å². The molecule has 4 heterocycles. The van der Waals surface area contributed by atoms with Gasteiger partial charge >= 0.3 is 0 Å². The average molecular weight is 408 g/mol. The highest BCUT2D eigenvalue weighted by Crippen LogP contribution is 2.33. The molecule has 4 aromatic heterocycles. The van der Waals surface area contributed by atoms with Crippen molar-refractivity contribution in [3.63, 3.8) is 0 Å². The summed E-state index contributed by atoms with van der Waals surface area (Å²) in [7, 11) is 0. The first-order chi connectivity index (χ1) is 14.1. The molecule has 0 saturated carbocycles. The van der Waals surface area contributed by atoms with Crippen molar-refractivity contribution in [1.82, 2.24) is 29.3 Å². The van der Waals surface area contributed by atoms with Crippen LogP contribution in [-0.2, 0) is 0 Å². The molecule has 0 aliphatic carbocycles. The second-order valence-corrected chi connectivity index (χ2v) is 6.97. The molecule has 0 aliphatic rings. The van der Waals surface area contributed by atoms with E-state index < -0.39 is 0 Å². The van der Waals surface area contributed by atoms with Crippen molar-refractivity contribution in [2.75, 3.05) is 5.32 Å². The maximum Gasteiger partial charge on any atom is 0.162 e. The molecule has 5 aromatic rings. The maximum atomic E-state index is 14.0. The van der Waals surface area contributed by atoms with Crippen molar-refractivity contribution in [2.45, 2.75) is 13.0 Å². The predicted molar refractivity (Wildman–Crippen MR) is 109 cm³/mol. The van der Waals surface area contributed by atoms with E-state index in [1.54, 1.807) is 18.5 Å². The lowest BCUT2D eigenvalue weighted by molar-refractivity contribution is 0.628. The van der Waals surface area contributed by atoms with Crippen LogP contribution in [0.1, 0.15) is 18.7 Å². The minimum atomic E-state index is -0.329. The van der Waals surface area contributed by atoms with Gasteiger partial charge in [0.15, 0.2) is 11.5 Å². The van der Waals surface area contributed by atoms with Gasteiger partial charge in [-0.1, -0.05) is 29.8 Å². The van der Waals surface area contributed by atoms with Gasteiger partial charge in [0.2, 0.25) is 0 Å². The van der Waals surface area contributed by atoms with E-state index in [1.807, 2.05) is 29.5 Å².